The lowest BCUT2D eigenvalue weighted by atomic mass is 10.1. The van der Waals surface area contributed by atoms with Crippen LogP contribution in [0.2, 0.25) is 0 Å². The minimum absolute atomic E-state index is 0.00717. The molecule has 8 N–H and O–H groups in total. The van der Waals surface area contributed by atoms with Crippen LogP contribution in [0.5, 0.6) is 0 Å². The molecule has 14 heteroatoms. The van der Waals surface area contributed by atoms with Crippen molar-refractivity contribution in [1.82, 2.24) is 35.5 Å². The van der Waals surface area contributed by atoms with Crippen LogP contribution in [0.4, 0.5) is 0 Å². The molecule has 190 valence electrons. The summed E-state index contributed by atoms with van der Waals surface area (Å²) in [5.41, 5.74) is 7.08. The van der Waals surface area contributed by atoms with E-state index in [1.165, 1.54) is 36.9 Å². The van der Waals surface area contributed by atoms with E-state index >= 15 is 0 Å². The molecule has 3 heterocycles. The molecular weight excluding hydrogens is 460 g/mol. The van der Waals surface area contributed by atoms with Crippen LogP contribution >= 0.6 is 0 Å². The number of aliphatic hydroxyl groups is 1. The maximum Gasteiger partial charge on any atom is 0.326 e. The Morgan fingerprint density at radius 3 is 2.29 bits per heavy atom. The van der Waals surface area contributed by atoms with Crippen molar-refractivity contribution < 1.29 is 29.4 Å². The molecule has 3 amide bonds. The number of aromatic nitrogens is 4. The fourth-order valence-electron chi connectivity index (χ4n) is 3.96. The van der Waals surface area contributed by atoms with Crippen LogP contribution in [-0.4, -0.2) is 95.6 Å². The highest BCUT2D eigenvalue weighted by atomic mass is 16.4. The molecule has 5 unspecified atom stereocenters. The van der Waals surface area contributed by atoms with Gasteiger partial charge in [0.05, 0.1) is 24.8 Å². The van der Waals surface area contributed by atoms with Gasteiger partial charge in [-0.2, -0.15) is 0 Å². The fraction of sp³-hybridized carbons (Fsp3) is 0.524. The summed E-state index contributed by atoms with van der Waals surface area (Å²) in [4.78, 5) is 65.1. The zero-order chi connectivity index (χ0) is 25.5. The summed E-state index contributed by atoms with van der Waals surface area (Å²) in [6, 6.07) is -4.56. The number of aliphatic hydroxyl groups excluding tert-OH is 1. The summed E-state index contributed by atoms with van der Waals surface area (Å²) in [5.74, 6) is -3.19. The second kappa shape index (κ2) is 11.6. The van der Waals surface area contributed by atoms with Gasteiger partial charge in [0, 0.05) is 43.2 Å². The van der Waals surface area contributed by atoms with Crippen LogP contribution in [-0.2, 0) is 32.0 Å². The molecule has 0 bridgehead atoms. The number of nitrogens with zero attached hydrogens (tertiary/aromatic N) is 3. The van der Waals surface area contributed by atoms with E-state index in [4.69, 9.17) is 5.73 Å². The number of nitrogens with two attached hydrogens (primary N) is 1. The van der Waals surface area contributed by atoms with Gasteiger partial charge in [0.1, 0.15) is 18.1 Å². The second-order valence-corrected chi connectivity index (χ2v) is 8.48. The maximum atomic E-state index is 13.3. The summed E-state index contributed by atoms with van der Waals surface area (Å²) in [5, 5.41) is 24.6. The summed E-state index contributed by atoms with van der Waals surface area (Å²) >= 11 is 0. The summed E-state index contributed by atoms with van der Waals surface area (Å²) < 4.78 is 0. The molecule has 1 saturated heterocycles. The van der Waals surface area contributed by atoms with E-state index < -0.39 is 54.0 Å². The number of H-pyrrole nitrogens is 2. The highest BCUT2D eigenvalue weighted by Gasteiger charge is 2.39. The number of nitrogens with one attached hydrogen (secondary N) is 4. The third-order valence-corrected chi connectivity index (χ3v) is 5.81. The zero-order valence-electron chi connectivity index (χ0n) is 19.2. The highest BCUT2D eigenvalue weighted by molar-refractivity contribution is 5.94. The van der Waals surface area contributed by atoms with Crippen LogP contribution in [0.15, 0.2) is 25.0 Å². The van der Waals surface area contributed by atoms with Gasteiger partial charge in [-0.1, -0.05) is 0 Å². The van der Waals surface area contributed by atoms with Crippen molar-refractivity contribution >= 4 is 23.7 Å². The number of likely N-dealkylation sites (tertiary alicyclic amines) is 1. The second-order valence-electron chi connectivity index (χ2n) is 8.48. The molecule has 35 heavy (non-hydrogen) atoms. The van der Waals surface area contributed by atoms with Crippen LogP contribution in [0.3, 0.4) is 0 Å². The molecule has 2 aromatic rings. The quantitative estimate of drug-likeness (QED) is 0.179. The SMILES string of the molecule is CC(O)C(NC(=O)C(N)Cc1cnc[nH]1)C(=O)NC(Cc1cnc[nH]1)C(=O)N1CCCC1C(=O)O. The highest BCUT2D eigenvalue weighted by Crippen LogP contribution is 2.19. The largest absolute Gasteiger partial charge is 0.480 e. The van der Waals surface area contributed by atoms with Crippen LogP contribution in [0, 0.1) is 0 Å². The van der Waals surface area contributed by atoms with Gasteiger partial charge in [-0.3, -0.25) is 14.4 Å². The van der Waals surface area contributed by atoms with E-state index in [1.54, 1.807) is 0 Å². The van der Waals surface area contributed by atoms with Crippen molar-refractivity contribution in [1.29, 1.82) is 0 Å². The molecule has 1 aliphatic heterocycles. The molecule has 1 aliphatic rings. The molecule has 14 nitrogen and oxygen atoms in total. The number of imidazole rings is 2. The number of carbonyl (C=O) groups is 4. The van der Waals surface area contributed by atoms with Gasteiger partial charge >= 0.3 is 5.97 Å². The lowest BCUT2D eigenvalue weighted by Gasteiger charge is -2.29. The number of hydrogen-bond donors (Lipinski definition) is 7. The Hall–Kier alpha value is -3.78. The Bertz CT molecular complexity index is 1010. The molecule has 0 radical (unpaired) electrons. The summed E-state index contributed by atoms with van der Waals surface area (Å²) in [6.45, 7) is 1.56. The van der Waals surface area contributed by atoms with Crippen molar-refractivity contribution in [2.75, 3.05) is 6.54 Å². The van der Waals surface area contributed by atoms with Gasteiger partial charge in [0.25, 0.3) is 0 Å². The topological polar surface area (TPSA) is 219 Å². The fourth-order valence-corrected chi connectivity index (χ4v) is 3.96. The van der Waals surface area contributed by atoms with Gasteiger partial charge in [-0.05, 0) is 19.8 Å². The predicted octanol–water partition coefficient (Wildman–Crippen LogP) is -2.33. The molecule has 5 atom stereocenters. The van der Waals surface area contributed by atoms with E-state index in [-0.39, 0.29) is 19.4 Å². The van der Waals surface area contributed by atoms with E-state index in [1.807, 2.05) is 0 Å². The van der Waals surface area contributed by atoms with E-state index in [0.717, 1.165) is 0 Å². The zero-order valence-corrected chi connectivity index (χ0v) is 19.2. The van der Waals surface area contributed by atoms with Gasteiger partial charge in [-0.25, -0.2) is 14.8 Å². The average molecular weight is 491 g/mol. The van der Waals surface area contributed by atoms with Gasteiger partial charge in [0.2, 0.25) is 17.7 Å². The van der Waals surface area contributed by atoms with Crippen molar-refractivity contribution in [2.45, 2.75) is 62.9 Å². The average Bonchev–Trinajstić information content (AvgIpc) is 3.58. The number of aliphatic carboxylic acids is 1. The molecule has 0 spiro atoms. The third-order valence-electron chi connectivity index (χ3n) is 5.81. The lowest BCUT2D eigenvalue weighted by molar-refractivity contribution is -0.149. The van der Waals surface area contributed by atoms with Crippen LogP contribution in [0.25, 0.3) is 0 Å². The number of aromatic amines is 2. The van der Waals surface area contributed by atoms with Crippen molar-refractivity contribution in [3.05, 3.63) is 36.4 Å². The van der Waals surface area contributed by atoms with Gasteiger partial charge in [-0.15, -0.1) is 0 Å². The maximum absolute atomic E-state index is 13.3. The summed E-state index contributed by atoms with van der Waals surface area (Å²) in [7, 11) is 0. The molecular formula is C21H30N8O6. The van der Waals surface area contributed by atoms with Gasteiger partial charge < -0.3 is 41.4 Å². The van der Waals surface area contributed by atoms with Crippen molar-refractivity contribution in [2.24, 2.45) is 5.73 Å². The first kappa shape index (κ1) is 25.8. The van der Waals surface area contributed by atoms with Gasteiger partial charge in [0.15, 0.2) is 0 Å². The predicted molar refractivity (Wildman–Crippen MR) is 120 cm³/mol. The Kier molecular flexibility index (Phi) is 8.54. The minimum Gasteiger partial charge on any atom is -0.480 e. The number of carbonyl (C=O) groups excluding carboxylic acids is 3. The Morgan fingerprint density at radius 2 is 1.74 bits per heavy atom. The number of rotatable bonds is 11. The first-order chi connectivity index (χ1) is 16.7. The first-order valence-corrected chi connectivity index (χ1v) is 11.2. The molecule has 2 aromatic heterocycles. The van der Waals surface area contributed by atoms with Crippen molar-refractivity contribution in [3.8, 4) is 0 Å². The van der Waals surface area contributed by atoms with Crippen LogP contribution < -0.4 is 16.4 Å². The molecule has 3 rings (SSSR count). The molecule has 0 aromatic carbocycles. The van der Waals surface area contributed by atoms with Crippen LogP contribution in [0.1, 0.15) is 31.2 Å². The molecule has 1 fully saturated rings. The third kappa shape index (κ3) is 6.64. The standard InChI is InChI=1S/C21H30N8O6/c1-11(30)17(28-18(31)14(22)5-12-7-23-9-25-12)19(32)27-15(6-13-8-24-10-26-13)20(33)29-4-2-3-16(29)21(34)35/h7-11,14-17,30H,2-6,22H2,1H3,(H,23,25)(H,24,26)(H,27,32)(H,28,31)(H,34,35). The minimum atomic E-state index is -1.40. The first-order valence-electron chi connectivity index (χ1n) is 11.2. The van der Waals surface area contributed by atoms with E-state index in [9.17, 15) is 29.4 Å². The summed E-state index contributed by atoms with van der Waals surface area (Å²) in [6.07, 6.45) is 5.51. The van der Waals surface area contributed by atoms with E-state index in [0.29, 0.717) is 24.2 Å². The number of hydrogen-bond acceptors (Lipinski definition) is 8. The normalized spacial score (nSPS) is 18.9. The Balaban J connectivity index is 1.72. The van der Waals surface area contributed by atoms with E-state index in [2.05, 4.69) is 30.6 Å². The molecule has 0 aliphatic carbocycles. The van der Waals surface area contributed by atoms with Crippen molar-refractivity contribution in [3.63, 3.8) is 0 Å². The number of carboxylic acid groups (broad SMARTS) is 1. The lowest BCUT2D eigenvalue weighted by Crippen LogP contribution is -2.60. The smallest absolute Gasteiger partial charge is 0.326 e. The monoisotopic (exact) mass is 490 g/mol. The number of carboxylic acids is 1. The Labute approximate surface area is 200 Å². The Morgan fingerprint density at radius 1 is 1.11 bits per heavy atom. The molecule has 0 saturated carbocycles. The number of amides is 3.